The molecule has 11 heavy (non-hydrogen) atoms. The lowest BCUT2D eigenvalue weighted by Crippen LogP contribution is -2.43. The van der Waals surface area contributed by atoms with Gasteiger partial charge in [0.25, 0.3) is 0 Å². The topological polar surface area (TPSA) is 15.3 Å². The van der Waals surface area contributed by atoms with Crippen molar-refractivity contribution in [3.63, 3.8) is 0 Å². The van der Waals surface area contributed by atoms with Crippen LogP contribution in [0.25, 0.3) is 0 Å². The van der Waals surface area contributed by atoms with Gasteiger partial charge in [0.1, 0.15) is 0 Å². The molecule has 0 saturated heterocycles. The summed E-state index contributed by atoms with van der Waals surface area (Å²) >= 11 is 0. The lowest BCUT2D eigenvalue weighted by molar-refractivity contribution is 0.167. The van der Waals surface area contributed by atoms with Gasteiger partial charge < -0.3 is 0 Å². The van der Waals surface area contributed by atoms with E-state index in [0.717, 1.165) is 13.1 Å². The fourth-order valence-corrected chi connectivity index (χ4v) is 1.15. The molecule has 68 valence electrons. The largest absolute Gasteiger partial charge is 0.253 e. The van der Waals surface area contributed by atoms with Gasteiger partial charge in [0.15, 0.2) is 0 Å². The number of rotatable bonds is 6. The van der Waals surface area contributed by atoms with Crippen molar-refractivity contribution in [2.24, 2.45) is 0 Å². The predicted molar refractivity (Wildman–Crippen MR) is 50.4 cm³/mol. The van der Waals surface area contributed by atoms with Gasteiger partial charge in [-0.1, -0.05) is 13.8 Å². The van der Waals surface area contributed by atoms with Crippen molar-refractivity contribution in [1.82, 2.24) is 10.4 Å². The van der Waals surface area contributed by atoms with Crippen LogP contribution in [0.15, 0.2) is 0 Å². The summed E-state index contributed by atoms with van der Waals surface area (Å²) in [7, 11) is 0. The van der Waals surface area contributed by atoms with E-state index in [0.29, 0.717) is 6.04 Å². The Labute approximate surface area is 70.9 Å². The van der Waals surface area contributed by atoms with Crippen LogP contribution in [0.3, 0.4) is 0 Å². The molecule has 0 atom stereocenters. The first kappa shape index (κ1) is 10.9. The molecule has 2 nitrogen and oxygen atoms in total. The van der Waals surface area contributed by atoms with E-state index >= 15 is 0 Å². The highest BCUT2D eigenvalue weighted by Gasteiger charge is 2.01. The van der Waals surface area contributed by atoms with Gasteiger partial charge in [0.2, 0.25) is 0 Å². The fourth-order valence-electron chi connectivity index (χ4n) is 1.15. The summed E-state index contributed by atoms with van der Waals surface area (Å²) < 4.78 is 0. The first-order valence-corrected chi connectivity index (χ1v) is 4.71. The van der Waals surface area contributed by atoms with E-state index in [1.54, 1.807) is 0 Å². The maximum atomic E-state index is 3.42. The van der Waals surface area contributed by atoms with Crippen molar-refractivity contribution in [1.29, 1.82) is 0 Å². The Balaban J connectivity index is 3.50. The van der Waals surface area contributed by atoms with Crippen LogP contribution in [-0.4, -0.2) is 24.1 Å². The Kier molecular flexibility index (Phi) is 6.57. The van der Waals surface area contributed by atoms with Crippen molar-refractivity contribution in [3.8, 4) is 0 Å². The molecule has 0 fully saturated rings. The minimum atomic E-state index is 0.563. The highest BCUT2D eigenvalue weighted by Crippen LogP contribution is 1.91. The van der Waals surface area contributed by atoms with Gasteiger partial charge in [0, 0.05) is 19.1 Å². The third-order valence-corrected chi connectivity index (χ3v) is 1.43. The molecule has 0 heterocycles. The minimum Gasteiger partial charge on any atom is -0.253 e. The third kappa shape index (κ3) is 6.32. The van der Waals surface area contributed by atoms with Gasteiger partial charge in [-0.3, -0.25) is 5.43 Å². The summed E-state index contributed by atoms with van der Waals surface area (Å²) in [6.07, 6.45) is 2.44. The standard InChI is InChI=1S/C9H22N2/c1-5-7-11(8-6-2)10-9(3)4/h9-10H,5-8H2,1-4H3. The molecule has 0 aliphatic heterocycles. The molecule has 1 N–H and O–H groups in total. The molecular weight excluding hydrogens is 136 g/mol. The van der Waals surface area contributed by atoms with E-state index < -0.39 is 0 Å². The number of hydrogen-bond donors (Lipinski definition) is 1. The molecule has 0 radical (unpaired) electrons. The van der Waals surface area contributed by atoms with Crippen molar-refractivity contribution in [2.75, 3.05) is 13.1 Å². The summed E-state index contributed by atoms with van der Waals surface area (Å²) in [5.74, 6) is 0. The first-order valence-electron chi connectivity index (χ1n) is 4.71. The lowest BCUT2D eigenvalue weighted by atomic mass is 10.4. The van der Waals surface area contributed by atoms with Crippen LogP contribution in [0, 0.1) is 0 Å². The second-order valence-electron chi connectivity index (χ2n) is 3.27. The zero-order chi connectivity index (χ0) is 8.69. The van der Waals surface area contributed by atoms with Gasteiger partial charge in [-0.05, 0) is 26.7 Å². The monoisotopic (exact) mass is 158 g/mol. The SMILES string of the molecule is CCCN(CCC)NC(C)C. The van der Waals surface area contributed by atoms with Gasteiger partial charge in [-0.15, -0.1) is 0 Å². The number of hydrazine groups is 1. The smallest absolute Gasteiger partial charge is 0.0158 e. The van der Waals surface area contributed by atoms with E-state index in [2.05, 4.69) is 38.1 Å². The number of nitrogens with one attached hydrogen (secondary N) is 1. The molecule has 0 aromatic carbocycles. The van der Waals surface area contributed by atoms with Crippen LogP contribution in [0.2, 0.25) is 0 Å². The Morgan fingerprint density at radius 2 is 1.55 bits per heavy atom. The van der Waals surface area contributed by atoms with E-state index in [1.807, 2.05) is 0 Å². The summed E-state index contributed by atoms with van der Waals surface area (Å²) in [5, 5.41) is 2.31. The van der Waals surface area contributed by atoms with Gasteiger partial charge in [-0.25, -0.2) is 5.01 Å². The molecular formula is C9H22N2. The first-order chi connectivity index (χ1) is 5.20. The second kappa shape index (κ2) is 6.62. The van der Waals surface area contributed by atoms with Crippen molar-refractivity contribution < 1.29 is 0 Å². The average Bonchev–Trinajstić information content (AvgIpc) is 1.87. The molecule has 0 aromatic rings. The highest BCUT2D eigenvalue weighted by atomic mass is 15.5. The van der Waals surface area contributed by atoms with Crippen LogP contribution in [0.4, 0.5) is 0 Å². The van der Waals surface area contributed by atoms with Gasteiger partial charge in [0.05, 0.1) is 0 Å². The summed E-state index contributed by atoms with van der Waals surface area (Å²) in [4.78, 5) is 0. The molecule has 0 aliphatic carbocycles. The third-order valence-electron chi connectivity index (χ3n) is 1.43. The highest BCUT2D eigenvalue weighted by molar-refractivity contribution is 4.53. The molecule has 0 unspecified atom stereocenters. The average molecular weight is 158 g/mol. The van der Waals surface area contributed by atoms with Crippen LogP contribution in [-0.2, 0) is 0 Å². The molecule has 0 rings (SSSR count). The summed E-state index contributed by atoms with van der Waals surface area (Å²) in [6, 6.07) is 0.563. The van der Waals surface area contributed by atoms with Gasteiger partial charge in [-0.2, -0.15) is 0 Å². The molecule has 0 amide bonds. The van der Waals surface area contributed by atoms with Crippen molar-refractivity contribution in [2.45, 2.75) is 46.6 Å². The molecule has 0 bridgehead atoms. The Bertz CT molecular complexity index is 75.6. The zero-order valence-electron chi connectivity index (χ0n) is 8.35. The van der Waals surface area contributed by atoms with E-state index in [-0.39, 0.29) is 0 Å². The lowest BCUT2D eigenvalue weighted by Gasteiger charge is -2.24. The minimum absolute atomic E-state index is 0.563. The molecule has 0 aliphatic rings. The quantitative estimate of drug-likeness (QED) is 0.595. The van der Waals surface area contributed by atoms with Crippen molar-refractivity contribution >= 4 is 0 Å². The number of nitrogens with zero attached hydrogens (tertiary/aromatic N) is 1. The van der Waals surface area contributed by atoms with Crippen LogP contribution in [0.1, 0.15) is 40.5 Å². The van der Waals surface area contributed by atoms with Crippen LogP contribution < -0.4 is 5.43 Å². The van der Waals surface area contributed by atoms with Crippen molar-refractivity contribution in [3.05, 3.63) is 0 Å². The number of hydrogen-bond acceptors (Lipinski definition) is 2. The van der Waals surface area contributed by atoms with E-state index in [1.165, 1.54) is 12.8 Å². The zero-order valence-corrected chi connectivity index (χ0v) is 8.35. The Hall–Kier alpha value is -0.0800. The Morgan fingerprint density at radius 3 is 1.82 bits per heavy atom. The van der Waals surface area contributed by atoms with Crippen LogP contribution >= 0.6 is 0 Å². The van der Waals surface area contributed by atoms with Gasteiger partial charge >= 0.3 is 0 Å². The Morgan fingerprint density at radius 1 is 1.09 bits per heavy atom. The second-order valence-corrected chi connectivity index (χ2v) is 3.27. The molecule has 0 aromatic heterocycles. The maximum absolute atomic E-state index is 3.42. The fraction of sp³-hybridized carbons (Fsp3) is 1.00. The summed E-state index contributed by atoms with van der Waals surface area (Å²) in [6.45, 7) is 11.1. The normalized spacial score (nSPS) is 11.5. The summed E-state index contributed by atoms with van der Waals surface area (Å²) in [5.41, 5.74) is 3.42. The van der Waals surface area contributed by atoms with E-state index in [9.17, 15) is 0 Å². The van der Waals surface area contributed by atoms with Crippen LogP contribution in [0.5, 0.6) is 0 Å². The predicted octanol–water partition coefficient (Wildman–Crippen LogP) is 2.02. The molecule has 0 spiro atoms. The molecule has 2 heteroatoms. The van der Waals surface area contributed by atoms with E-state index in [4.69, 9.17) is 0 Å². The molecule has 0 saturated carbocycles. The maximum Gasteiger partial charge on any atom is 0.0158 e.